The fraction of sp³-hybridized carbons (Fsp3) is 0.769. The topological polar surface area (TPSA) is 72.8 Å². The molecule has 1 saturated carbocycles. The van der Waals surface area contributed by atoms with E-state index in [-0.39, 0.29) is 32.3 Å². The summed E-state index contributed by atoms with van der Waals surface area (Å²) in [5.41, 5.74) is 0. The van der Waals surface area contributed by atoms with Gasteiger partial charge in [-0.3, -0.25) is 0 Å². The van der Waals surface area contributed by atoms with Gasteiger partial charge in [0.1, 0.15) is 0 Å². The lowest BCUT2D eigenvalue weighted by Gasteiger charge is -2.21. The summed E-state index contributed by atoms with van der Waals surface area (Å²) >= 11 is 0. The van der Waals surface area contributed by atoms with Gasteiger partial charge in [-0.15, -0.1) is 0 Å². The van der Waals surface area contributed by atoms with Gasteiger partial charge in [0.25, 0.3) is 0 Å². The highest BCUT2D eigenvalue weighted by Gasteiger charge is 2.12. The number of hydrogen-bond donors (Lipinski definition) is 3. The van der Waals surface area contributed by atoms with Crippen molar-refractivity contribution in [1.29, 1.82) is 0 Å². The second-order valence-electron chi connectivity index (χ2n) is 4.64. The van der Waals surface area contributed by atoms with Crippen LogP contribution < -0.4 is 5.32 Å². The molecule has 0 spiro atoms. The van der Waals surface area contributed by atoms with E-state index in [4.69, 9.17) is 10.2 Å². The van der Waals surface area contributed by atoms with Gasteiger partial charge in [-0.1, -0.05) is 25.3 Å². The Hall–Kier alpha value is -1.07. The van der Waals surface area contributed by atoms with E-state index in [1.54, 1.807) is 6.20 Å². The summed E-state index contributed by atoms with van der Waals surface area (Å²) in [5, 5.41) is 20.3. The lowest BCUT2D eigenvalue weighted by molar-refractivity contribution is 0.161. The van der Waals surface area contributed by atoms with Gasteiger partial charge in [0.15, 0.2) is 0 Å². The molecular formula is C13H24N2O3. The Morgan fingerprint density at radius 2 is 1.78 bits per heavy atom. The van der Waals surface area contributed by atoms with Crippen LogP contribution in [0.5, 0.6) is 0 Å². The van der Waals surface area contributed by atoms with Gasteiger partial charge in [-0.25, -0.2) is 4.79 Å². The average Bonchev–Trinajstić information content (AvgIpc) is 2.39. The quantitative estimate of drug-likeness (QED) is 0.666. The molecule has 1 aliphatic rings. The highest BCUT2D eigenvalue weighted by atomic mass is 16.3. The SMILES string of the molecule is O=C(N/C=C/C1CCCCC1)N(CCO)CCO. The van der Waals surface area contributed by atoms with E-state index in [0.29, 0.717) is 5.92 Å². The van der Waals surface area contributed by atoms with Crippen LogP contribution in [0, 0.1) is 5.92 Å². The van der Waals surface area contributed by atoms with Crippen molar-refractivity contribution in [2.24, 2.45) is 5.92 Å². The molecule has 104 valence electrons. The number of rotatable bonds is 6. The number of carbonyl (C=O) groups is 1. The molecule has 2 amide bonds. The molecule has 1 aliphatic carbocycles. The standard InChI is InChI=1S/C13H24N2O3/c16-10-8-15(9-11-17)13(18)14-7-6-12-4-2-1-3-5-12/h6-7,12,16-17H,1-5,8-11H2,(H,14,18)/b7-6+. The number of nitrogens with zero attached hydrogens (tertiary/aromatic N) is 1. The van der Waals surface area contributed by atoms with E-state index >= 15 is 0 Å². The van der Waals surface area contributed by atoms with Crippen LogP contribution in [-0.4, -0.2) is 47.4 Å². The van der Waals surface area contributed by atoms with Crippen LogP contribution in [0.3, 0.4) is 0 Å². The van der Waals surface area contributed by atoms with Crippen molar-refractivity contribution in [2.75, 3.05) is 26.3 Å². The minimum absolute atomic E-state index is 0.0975. The lowest BCUT2D eigenvalue weighted by Crippen LogP contribution is -2.41. The Bertz CT molecular complexity index is 257. The summed E-state index contributed by atoms with van der Waals surface area (Å²) in [6.07, 6.45) is 9.99. The molecule has 0 saturated heterocycles. The van der Waals surface area contributed by atoms with E-state index in [1.807, 2.05) is 6.08 Å². The summed E-state index contributed by atoms with van der Waals surface area (Å²) in [5.74, 6) is 0.572. The van der Waals surface area contributed by atoms with E-state index in [1.165, 1.54) is 37.0 Å². The molecule has 5 nitrogen and oxygen atoms in total. The molecule has 1 rings (SSSR count). The first-order valence-electron chi connectivity index (χ1n) is 6.71. The molecule has 0 radical (unpaired) electrons. The molecule has 0 aromatic heterocycles. The third-order valence-corrected chi connectivity index (χ3v) is 3.25. The van der Waals surface area contributed by atoms with Crippen LogP contribution in [0.25, 0.3) is 0 Å². The third-order valence-electron chi connectivity index (χ3n) is 3.25. The van der Waals surface area contributed by atoms with Gasteiger partial charge >= 0.3 is 6.03 Å². The second kappa shape index (κ2) is 8.94. The fourth-order valence-electron chi connectivity index (χ4n) is 2.23. The molecule has 0 aliphatic heterocycles. The van der Waals surface area contributed by atoms with Gasteiger partial charge in [0.2, 0.25) is 0 Å². The van der Waals surface area contributed by atoms with Crippen LogP contribution >= 0.6 is 0 Å². The number of aliphatic hydroxyl groups excluding tert-OH is 2. The van der Waals surface area contributed by atoms with Crippen molar-refractivity contribution >= 4 is 6.03 Å². The molecule has 18 heavy (non-hydrogen) atoms. The van der Waals surface area contributed by atoms with Crippen molar-refractivity contribution < 1.29 is 15.0 Å². The minimum atomic E-state index is -0.273. The van der Waals surface area contributed by atoms with E-state index in [9.17, 15) is 4.79 Å². The maximum Gasteiger partial charge on any atom is 0.321 e. The molecule has 0 unspecified atom stereocenters. The maximum absolute atomic E-state index is 11.7. The van der Waals surface area contributed by atoms with Crippen molar-refractivity contribution in [2.45, 2.75) is 32.1 Å². The van der Waals surface area contributed by atoms with Gasteiger partial charge in [0, 0.05) is 19.3 Å². The van der Waals surface area contributed by atoms with E-state index < -0.39 is 0 Å². The van der Waals surface area contributed by atoms with Crippen molar-refractivity contribution in [1.82, 2.24) is 10.2 Å². The first kappa shape index (κ1) is 15.0. The lowest BCUT2D eigenvalue weighted by atomic mass is 9.89. The van der Waals surface area contributed by atoms with Crippen LogP contribution in [0.1, 0.15) is 32.1 Å². The smallest absolute Gasteiger partial charge is 0.321 e. The molecule has 3 N–H and O–H groups in total. The fourth-order valence-corrected chi connectivity index (χ4v) is 2.23. The third kappa shape index (κ3) is 5.51. The van der Waals surface area contributed by atoms with E-state index in [2.05, 4.69) is 5.32 Å². The summed E-state index contributed by atoms with van der Waals surface area (Å²) in [6, 6.07) is -0.273. The molecule has 0 heterocycles. The van der Waals surface area contributed by atoms with Crippen LogP contribution in [0.2, 0.25) is 0 Å². The highest BCUT2D eigenvalue weighted by molar-refractivity contribution is 5.75. The zero-order chi connectivity index (χ0) is 13.2. The monoisotopic (exact) mass is 256 g/mol. The molecular weight excluding hydrogens is 232 g/mol. The minimum Gasteiger partial charge on any atom is -0.395 e. The predicted molar refractivity (Wildman–Crippen MR) is 70.0 cm³/mol. The predicted octanol–water partition coefficient (Wildman–Crippen LogP) is 1.08. The maximum atomic E-state index is 11.7. The van der Waals surface area contributed by atoms with Gasteiger partial charge in [-0.2, -0.15) is 0 Å². The number of nitrogens with one attached hydrogen (secondary N) is 1. The summed E-state index contributed by atoms with van der Waals surface area (Å²) in [7, 11) is 0. The Labute approximate surface area is 108 Å². The van der Waals surface area contributed by atoms with E-state index in [0.717, 1.165) is 0 Å². The first-order valence-corrected chi connectivity index (χ1v) is 6.71. The number of hydrogen-bond acceptors (Lipinski definition) is 3. The average molecular weight is 256 g/mol. The Kier molecular flexibility index (Phi) is 7.44. The van der Waals surface area contributed by atoms with Crippen molar-refractivity contribution in [3.8, 4) is 0 Å². The molecule has 0 aromatic rings. The second-order valence-corrected chi connectivity index (χ2v) is 4.64. The molecule has 5 heteroatoms. The zero-order valence-corrected chi connectivity index (χ0v) is 10.8. The Balaban J connectivity index is 2.30. The Morgan fingerprint density at radius 1 is 1.17 bits per heavy atom. The number of aliphatic hydroxyl groups is 2. The number of allylic oxidation sites excluding steroid dienone is 1. The largest absolute Gasteiger partial charge is 0.395 e. The highest BCUT2D eigenvalue weighted by Crippen LogP contribution is 2.24. The summed E-state index contributed by atoms with van der Waals surface area (Å²) in [4.78, 5) is 13.1. The zero-order valence-electron chi connectivity index (χ0n) is 10.8. The van der Waals surface area contributed by atoms with Gasteiger partial charge in [0.05, 0.1) is 13.2 Å². The van der Waals surface area contributed by atoms with Crippen LogP contribution in [-0.2, 0) is 0 Å². The molecule has 0 bridgehead atoms. The summed E-state index contributed by atoms with van der Waals surface area (Å²) in [6.45, 7) is 0.285. The van der Waals surface area contributed by atoms with Crippen LogP contribution in [0.15, 0.2) is 12.3 Å². The van der Waals surface area contributed by atoms with Crippen LogP contribution in [0.4, 0.5) is 4.79 Å². The van der Waals surface area contributed by atoms with Crippen molar-refractivity contribution in [3.63, 3.8) is 0 Å². The molecule has 0 atom stereocenters. The van der Waals surface area contributed by atoms with Crippen molar-refractivity contribution in [3.05, 3.63) is 12.3 Å². The molecule has 1 fully saturated rings. The number of carbonyl (C=O) groups excluding carboxylic acids is 1. The summed E-state index contributed by atoms with van der Waals surface area (Å²) < 4.78 is 0. The van der Waals surface area contributed by atoms with Gasteiger partial charge in [-0.05, 0) is 18.8 Å². The Morgan fingerprint density at radius 3 is 2.33 bits per heavy atom. The number of urea groups is 1. The van der Waals surface area contributed by atoms with Gasteiger partial charge < -0.3 is 20.4 Å². The number of amides is 2. The molecule has 0 aromatic carbocycles. The first-order chi connectivity index (χ1) is 8.77. The normalized spacial score (nSPS) is 17.0.